The molecule has 0 heterocycles. The van der Waals surface area contributed by atoms with E-state index in [1.54, 1.807) is 26.0 Å². The predicted octanol–water partition coefficient (Wildman–Crippen LogP) is 1.31. The van der Waals surface area contributed by atoms with Gasteiger partial charge in [-0.3, -0.25) is 9.59 Å². The number of nitrogens with two attached hydrogens (primary N) is 1. The topological polar surface area (TPSA) is 122 Å². The first-order chi connectivity index (χ1) is 12.6. The summed E-state index contributed by atoms with van der Waals surface area (Å²) in [5.41, 5.74) is 6.68. The Morgan fingerprint density at radius 3 is 2.07 bits per heavy atom. The maximum Gasteiger partial charge on any atom is 0.326 e. The number of hydrogen-bond acceptors (Lipinski definition) is 4. The molecule has 3 unspecified atom stereocenters. The molecule has 0 radical (unpaired) electrons. The van der Waals surface area contributed by atoms with Gasteiger partial charge in [0.2, 0.25) is 11.8 Å². The summed E-state index contributed by atoms with van der Waals surface area (Å²) in [5, 5.41) is 14.6. The summed E-state index contributed by atoms with van der Waals surface area (Å²) in [7, 11) is 0. The molecule has 0 saturated carbocycles. The fourth-order valence-corrected chi connectivity index (χ4v) is 2.72. The van der Waals surface area contributed by atoms with E-state index in [2.05, 4.69) is 10.6 Å². The molecule has 2 amide bonds. The number of carbonyl (C=O) groups excluding carboxylic acids is 2. The van der Waals surface area contributed by atoms with Crippen molar-refractivity contribution in [1.29, 1.82) is 0 Å². The van der Waals surface area contributed by atoms with E-state index in [0.29, 0.717) is 6.42 Å². The van der Waals surface area contributed by atoms with Crippen LogP contribution in [0.25, 0.3) is 0 Å². The number of amides is 2. The number of nitrogens with one attached hydrogen (secondary N) is 2. The first-order valence-electron chi connectivity index (χ1n) is 9.24. The largest absolute Gasteiger partial charge is 0.480 e. The highest BCUT2D eigenvalue weighted by Gasteiger charge is 2.30. The Bertz CT molecular complexity index is 631. The summed E-state index contributed by atoms with van der Waals surface area (Å²) in [4.78, 5) is 36.5. The van der Waals surface area contributed by atoms with E-state index in [1.165, 1.54) is 0 Å². The van der Waals surface area contributed by atoms with Crippen molar-refractivity contribution in [2.45, 2.75) is 58.7 Å². The summed E-state index contributed by atoms with van der Waals surface area (Å²) in [6.07, 6.45) is 0.664. The van der Waals surface area contributed by atoms with E-state index in [1.807, 2.05) is 32.0 Å². The van der Waals surface area contributed by atoms with Gasteiger partial charge in [-0.1, -0.05) is 58.0 Å². The van der Waals surface area contributed by atoms with E-state index in [9.17, 15) is 19.5 Å². The second-order valence-electron chi connectivity index (χ2n) is 7.56. The van der Waals surface area contributed by atoms with Crippen molar-refractivity contribution >= 4 is 17.8 Å². The van der Waals surface area contributed by atoms with Crippen molar-refractivity contribution in [1.82, 2.24) is 10.6 Å². The Labute approximate surface area is 160 Å². The van der Waals surface area contributed by atoms with Crippen molar-refractivity contribution in [3.8, 4) is 0 Å². The number of carboxylic acid groups (broad SMARTS) is 1. The molecule has 3 atom stereocenters. The monoisotopic (exact) mass is 377 g/mol. The van der Waals surface area contributed by atoms with Gasteiger partial charge in [-0.25, -0.2) is 4.79 Å². The zero-order chi connectivity index (χ0) is 20.6. The molecule has 27 heavy (non-hydrogen) atoms. The number of aliphatic carboxylic acids is 1. The fourth-order valence-electron chi connectivity index (χ4n) is 2.72. The third-order valence-corrected chi connectivity index (χ3v) is 4.21. The molecule has 0 aliphatic heterocycles. The highest BCUT2D eigenvalue weighted by molar-refractivity contribution is 5.92. The van der Waals surface area contributed by atoms with Crippen molar-refractivity contribution in [2.24, 2.45) is 17.6 Å². The first-order valence-corrected chi connectivity index (χ1v) is 9.24. The van der Waals surface area contributed by atoms with Gasteiger partial charge in [-0.15, -0.1) is 0 Å². The Kier molecular flexibility index (Phi) is 8.94. The van der Waals surface area contributed by atoms with Crippen molar-refractivity contribution in [3.63, 3.8) is 0 Å². The minimum absolute atomic E-state index is 0.160. The second kappa shape index (κ2) is 10.7. The molecule has 1 aromatic carbocycles. The van der Waals surface area contributed by atoms with Gasteiger partial charge in [0.15, 0.2) is 0 Å². The molecule has 1 rings (SSSR count). The molecule has 0 fully saturated rings. The minimum atomic E-state index is -1.13. The molecule has 150 valence electrons. The molecule has 0 saturated heterocycles. The normalized spacial score (nSPS) is 14.5. The second-order valence-corrected chi connectivity index (χ2v) is 7.56. The summed E-state index contributed by atoms with van der Waals surface area (Å²) in [6.45, 7) is 7.48. The molecule has 0 bridgehead atoms. The van der Waals surface area contributed by atoms with Gasteiger partial charge >= 0.3 is 5.97 Å². The molecule has 0 aliphatic carbocycles. The maximum atomic E-state index is 12.6. The molecule has 7 nitrogen and oxygen atoms in total. The van der Waals surface area contributed by atoms with Crippen LogP contribution >= 0.6 is 0 Å². The zero-order valence-corrected chi connectivity index (χ0v) is 16.4. The van der Waals surface area contributed by atoms with E-state index >= 15 is 0 Å². The lowest BCUT2D eigenvalue weighted by molar-refractivity contribution is -0.142. The Morgan fingerprint density at radius 1 is 1.00 bits per heavy atom. The molecular weight excluding hydrogens is 346 g/mol. The Morgan fingerprint density at radius 2 is 1.59 bits per heavy atom. The molecular formula is C20H31N3O4. The Hall–Kier alpha value is -2.41. The molecule has 0 aromatic heterocycles. The van der Waals surface area contributed by atoms with Crippen molar-refractivity contribution < 1.29 is 19.5 Å². The van der Waals surface area contributed by atoms with Gasteiger partial charge in [-0.05, 0) is 23.8 Å². The minimum Gasteiger partial charge on any atom is -0.480 e. The lowest BCUT2D eigenvalue weighted by Crippen LogP contribution is -2.56. The Balaban J connectivity index is 2.80. The van der Waals surface area contributed by atoms with Crippen LogP contribution in [-0.2, 0) is 20.8 Å². The summed E-state index contributed by atoms with van der Waals surface area (Å²) in [6, 6.07) is 6.41. The first kappa shape index (κ1) is 22.6. The maximum absolute atomic E-state index is 12.6. The predicted molar refractivity (Wildman–Crippen MR) is 104 cm³/mol. The summed E-state index contributed by atoms with van der Waals surface area (Å²) >= 11 is 0. The van der Waals surface area contributed by atoms with Crippen LogP contribution in [0.4, 0.5) is 0 Å². The fraction of sp³-hybridized carbons (Fsp3) is 0.550. The van der Waals surface area contributed by atoms with Crippen LogP contribution in [0.3, 0.4) is 0 Å². The van der Waals surface area contributed by atoms with Crippen LogP contribution in [0.15, 0.2) is 30.3 Å². The molecule has 0 aliphatic rings. The van der Waals surface area contributed by atoms with Crippen LogP contribution in [-0.4, -0.2) is 41.0 Å². The average Bonchev–Trinajstić information content (AvgIpc) is 2.58. The lowest BCUT2D eigenvalue weighted by atomic mass is 9.99. The highest BCUT2D eigenvalue weighted by Crippen LogP contribution is 2.08. The number of carbonyl (C=O) groups is 3. The van der Waals surface area contributed by atoms with Gasteiger partial charge in [0.05, 0.1) is 6.04 Å². The highest BCUT2D eigenvalue weighted by atomic mass is 16.4. The van der Waals surface area contributed by atoms with Crippen LogP contribution in [0, 0.1) is 11.8 Å². The van der Waals surface area contributed by atoms with Gasteiger partial charge in [-0.2, -0.15) is 0 Å². The van der Waals surface area contributed by atoms with Crippen molar-refractivity contribution in [3.05, 3.63) is 35.9 Å². The lowest BCUT2D eigenvalue weighted by Gasteiger charge is -2.25. The zero-order valence-electron chi connectivity index (χ0n) is 16.4. The third-order valence-electron chi connectivity index (χ3n) is 4.21. The summed E-state index contributed by atoms with van der Waals surface area (Å²) < 4.78 is 0. The average molecular weight is 377 g/mol. The van der Waals surface area contributed by atoms with E-state index in [0.717, 1.165) is 5.56 Å². The van der Waals surface area contributed by atoms with Gasteiger partial charge < -0.3 is 21.5 Å². The van der Waals surface area contributed by atoms with Gasteiger partial charge in [0, 0.05) is 6.42 Å². The van der Waals surface area contributed by atoms with E-state index in [-0.39, 0.29) is 18.3 Å². The van der Waals surface area contributed by atoms with Crippen LogP contribution in [0.1, 0.15) is 39.7 Å². The molecule has 7 heteroatoms. The number of rotatable bonds is 10. The summed E-state index contributed by atoms with van der Waals surface area (Å²) in [5.74, 6) is -2.03. The van der Waals surface area contributed by atoms with Gasteiger partial charge in [0.25, 0.3) is 0 Å². The van der Waals surface area contributed by atoms with E-state index < -0.39 is 35.9 Å². The molecule has 1 aromatic rings. The number of carboxylic acids is 1. The van der Waals surface area contributed by atoms with E-state index in [4.69, 9.17) is 5.73 Å². The quantitative estimate of drug-likeness (QED) is 0.490. The van der Waals surface area contributed by atoms with Crippen LogP contribution in [0.5, 0.6) is 0 Å². The standard InChI is InChI=1S/C20H31N3O4/c1-12(2)10-15(21)18(24)23-17(13(3)4)19(25)22-16(20(26)27)11-14-8-6-5-7-9-14/h5-9,12-13,15-17H,10-11,21H2,1-4H3,(H,22,25)(H,23,24)(H,26,27). The molecule has 5 N–H and O–H groups in total. The molecule has 0 spiro atoms. The number of hydrogen-bond donors (Lipinski definition) is 4. The van der Waals surface area contributed by atoms with Crippen LogP contribution < -0.4 is 16.4 Å². The van der Waals surface area contributed by atoms with Gasteiger partial charge in [0.1, 0.15) is 12.1 Å². The smallest absolute Gasteiger partial charge is 0.326 e. The third kappa shape index (κ3) is 7.78. The van der Waals surface area contributed by atoms with Crippen molar-refractivity contribution in [2.75, 3.05) is 0 Å². The SMILES string of the molecule is CC(C)CC(N)C(=O)NC(C(=O)NC(Cc1ccccc1)C(=O)O)C(C)C. The van der Waals surface area contributed by atoms with Crippen LogP contribution in [0.2, 0.25) is 0 Å². The number of benzene rings is 1.